The molecule has 1 fully saturated rings. The average Bonchev–Trinajstić information content (AvgIpc) is 3.04. The minimum Gasteiger partial charge on any atom is -0.480 e. The highest BCUT2D eigenvalue weighted by Gasteiger charge is 2.32. The smallest absolute Gasteiger partial charge is 0.263 e. The van der Waals surface area contributed by atoms with E-state index in [0.29, 0.717) is 6.04 Å². The summed E-state index contributed by atoms with van der Waals surface area (Å²) in [5.41, 5.74) is 2.63. The fourth-order valence-corrected chi connectivity index (χ4v) is 3.31. The monoisotopic (exact) mass is 288 g/mol. The first-order valence-corrected chi connectivity index (χ1v) is 7.97. The molecule has 1 aromatic carbocycles. The maximum absolute atomic E-state index is 12.0. The van der Waals surface area contributed by atoms with Gasteiger partial charge in [0.1, 0.15) is 5.75 Å². The van der Waals surface area contributed by atoms with Crippen molar-refractivity contribution in [3.05, 3.63) is 29.3 Å². The molecular weight excluding hydrogens is 264 g/mol. The van der Waals surface area contributed by atoms with Crippen LogP contribution in [0.3, 0.4) is 0 Å². The van der Waals surface area contributed by atoms with Gasteiger partial charge >= 0.3 is 0 Å². The van der Waals surface area contributed by atoms with E-state index in [-0.39, 0.29) is 12.0 Å². The number of nitrogens with zero attached hydrogens (tertiary/aromatic N) is 1. The molecule has 1 aliphatic heterocycles. The largest absolute Gasteiger partial charge is 0.480 e. The topological polar surface area (TPSA) is 41.6 Å². The Morgan fingerprint density at radius 1 is 1.38 bits per heavy atom. The average molecular weight is 288 g/mol. The zero-order valence-electron chi connectivity index (χ0n) is 12.9. The second-order valence-electron chi connectivity index (χ2n) is 6.02. The molecule has 2 unspecified atom stereocenters. The van der Waals surface area contributed by atoms with Gasteiger partial charge in [-0.25, -0.2) is 0 Å². The van der Waals surface area contributed by atoms with Crippen molar-refractivity contribution in [3.8, 4) is 5.75 Å². The summed E-state index contributed by atoms with van der Waals surface area (Å²) in [4.78, 5) is 13.8. The molecule has 0 aromatic heterocycles. The second-order valence-corrected chi connectivity index (χ2v) is 6.02. The minimum atomic E-state index is -0.302. The van der Waals surface area contributed by atoms with Crippen molar-refractivity contribution in [3.63, 3.8) is 0 Å². The summed E-state index contributed by atoms with van der Waals surface area (Å²) < 4.78 is 6.03. The van der Waals surface area contributed by atoms with E-state index < -0.39 is 0 Å². The molecule has 0 bridgehead atoms. The summed E-state index contributed by atoms with van der Waals surface area (Å²) in [7, 11) is 1.84. The molecule has 21 heavy (non-hydrogen) atoms. The summed E-state index contributed by atoms with van der Waals surface area (Å²) in [6, 6.07) is 6.67. The number of fused-ring (bicyclic) bond motifs is 1. The number of hydrogen-bond acceptors (Lipinski definition) is 3. The summed E-state index contributed by atoms with van der Waals surface area (Å²) >= 11 is 0. The highest BCUT2D eigenvalue weighted by molar-refractivity contribution is 5.83. The van der Waals surface area contributed by atoms with Crippen molar-refractivity contribution in [2.75, 3.05) is 20.1 Å². The molecule has 114 valence electrons. The van der Waals surface area contributed by atoms with Gasteiger partial charge in [-0.1, -0.05) is 19.1 Å². The predicted octanol–water partition coefficient (Wildman–Crippen LogP) is 2.28. The van der Waals surface area contributed by atoms with Gasteiger partial charge in [0.05, 0.1) is 0 Å². The fraction of sp³-hybridized carbons (Fsp3) is 0.588. The van der Waals surface area contributed by atoms with Crippen LogP contribution in [0, 0.1) is 0 Å². The highest BCUT2D eigenvalue weighted by atomic mass is 16.5. The molecule has 1 aromatic rings. The Balaban J connectivity index is 1.76. The van der Waals surface area contributed by atoms with Crippen LogP contribution in [0.2, 0.25) is 0 Å². The molecule has 4 nitrogen and oxygen atoms in total. The first-order valence-electron chi connectivity index (χ1n) is 7.97. The first-order chi connectivity index (χ1) is 10.2. The third-order valence-electron chi connectivity index (χ3n) is 4.52. The van der Waals surface area contributed by atoms with Crippen molar-refractivity contribution < 1.29 is 9.53 Å². The van der Waals surface area contributed by atoms with E-state index in [0.717, 1.165) is 44.5 Å². The standard InChI is InChI=1S/C17H24N2O2/c1-3-10-18-14-8-7-13-12(14)5-4-6-15(13)21-16-9-11-19(2)17(16)20/h4-6,14,16,18H,3,7-11H2,1-2H3. The number of benzene rings is 1. The molecular formula is C17H24N2O2. The molecule has 4 heteroatoms. The number of carbonyl (C=O) groups is 1. The number of rotatable bonds is 5. The van der Waals surface area contributed by atoms with E-state index >= 15 is 0 Å². The molecule has 0 radical (unpaired) electrons. The van der Waals surface area contributed by atoms with Crippen LogP contribution in [-0.4, -0.2) is 37.0 Å². The van der Waals surface area contributed by atoms with Crippen molar-refractivity contribution >= 4 is 5.91 Å². The van der Waals surface area contributed by atoms with Gasteiger partial charge in [-0.05, 0) is 43.0 Å². The van der Waals surface area contributed by atoms with Crippen molar-refractivity contribution in [2.24, 2.45) is 0 Å². The van der Waals surface area contributed by atoms with Gasteiger partial charge in [0, 0.05) is 26.1 Å². The number of likely N-dealkylation sites (tertiary alicyclic amines) is 1. The third kappa shape index (κ3) is 2.77. The summed E-state index contributed by atoms with van der Waals surface area (Å²) in [6.07, 6.45) is 3.78. The molecule has 1 heterocycles. The van der Waals surface area contributed by atoms with Crippen molar-refractivity contribution in [1.29, 1.82) is 0 Å². The van der Waals surface area contributed by atoms with Crippen molar-refractivity contribution in [1.82, 2.24) is 10.2 Å². The number of likely N-dealkylation sites (N-methyl/N-ethyl adjacent to an activating group) is 1. The lowest BCUT2D eigenvalue weighted by molar-refractivity contribution is -0.132. The van der Waals surface area contributed by atoms with Gasteiger partial charge in [0.15, 0.2) is 6.10 Å². The second kappa shape index (κ2) is 6.06. The first kappa shape index (κ1) is 14.4. The van der Waals surface area contributed by atoms with Gasteiger partial charge in [-0.15, -0.1) is 0 Å². The van der Waals surface area contributed by atoms with Crippen LogP contribution < -0.4 is 10.1 Å². The van der Waals surface area contributed by atoms with Crippen LogP contribution in [0.5, 0.6) is 5.75 Å². The van der Waals surface area contributed by atoms with Crippen LogP contribution >= 0.6 is 0 Å². The maximum Gasteiger partial charge on any atom is 0.263 e. The molecule has 0 saturated carbocycles. The van der Waals surface area contributed by atoms with Crippen LogP contribution in [0.1, 0.15) is 43.4 Å². The zero-order chi connectivity index (χ0) is 14.8. The molecule has 1 N–H and O–H groups in total. The molecule has 1 amide bonds. The Labute approximate surface area is 126 Å². The summed E-state index contributed by atoms with van der Waals surface area (Å²) in [5.74, 6) is 1.01. The Bertz CT molecular complexity index is 530. The van der Waals surface area contributed by atoms with Crippen LogP contribution in [-0.2, 0) is 11.2 Å². The van der Waals surface area contributed by atoms with E-state index in [1.165, 1.54) is 11.1 Å². The molecule has 0 spiro atoms. The predicted molar refractivity (Wildman–Crippen MR) is 82.5 cm³/mol. The lowest BCUT2D eigenvalue weighted by Gasteiger charge is -2.17. The SMILES string of the molecule is CCCNC1CCc2c(OC3CCN(C)C3=O)cccc21. The van der Waals surface area contributed by atoms with E-state index in [2.05, 4.69) is 18.3 Å². The molecule has 2 aliphatic rings. The number of amides is 1. The van der Waals surface area contributed by atoms with E-state index in [9.17, 15) is 4.79 Å². The number of carbonyl (C=O) groups excluding carboxylic acids is 1. The van der Waals surface area contributed by atoms with E-state index in [4.69, 9.17) is 4.74 Å². The van der Waals surface area contributed by atoms with Gasteiger partial charge < -0.3 is 15.0 Å². The van der Waals surface area contributed by atoms with Gasteiger partial charge in [-0.2, -0.15) is 0 Å². The lowest BCUT2D eigenvalue weighted by atomic mass is 10.1. The minimum absolute atomic E-state index is 0.103. The van der Waals surface area contributed by atoms with Gasteiger partial charge in [0.25, 0.3) is 5.91 Å². The lowest BCUT2D eigenvalue weighted by Crippen LogP contribution is -2.29. The van der Waals surface area contributed by atoms with Crippen LogP contribution in [0.25, 0.3) is 0 Å². The van der Waals surface area contributed by atoms with E-state index in [1.807, 2.05) is 19.2 Å². The Hall–Kier alpha value is -1.55. The number of hydrogen-bond donors (Lipinski definition) is 1. The third-order valence-corrected chi connectivity index (χ3v) is 4.52. The molecule has 1 aliphatic carbocycles. The maximum atomic E-state index is 12.0. The molecule has 3 rings (SSSR count). The summed E-state index contributed by atoms with van der Waals surface area (Å²) in [6.45, 7) is 4.02. The van der Waals surface area contributed by atoms with Gasteiger partial charge in [0.2, 0.25) is 0 Å². The quantitative estimate of drug-likeness (QED) is 0.904. The Kier molecular flexibility index (Phi) is 4.15. The Morgan fingerprint density at radius 3 is 2.95 bits per heavy atom. The molecule has 2 atom stereocenters. The van der Waals surface area contributed by atoms with Crippen LogP contribution in [0.15, 0.2) is 18.2 Å². The number of nitrogens with one attached hydrogen (secondary N) is 1. The normalized spacial score (nSPS) is 24.5. The summed E-state index contributed by atoms with van der Waals surface area (Å²) in [5, 5.41) is 3.59. The van der Waals surface area contributed by atoms with Gasteiger partial charge in [-0.3, -0.25) is 4.79 Å². The van der Waals surface area contributed by atoms with Crippen molar-refractivity contribution in [2.45, 2.75) is 44.8 Å². The van der Waals surface area contributed by atoms with E-state index in [1.54, 1.807) is 4.90 Å². The van der Waals surface area contributed by atoms with Crippen LogP contribution in [0.4, 0.5) is 0 Å². The zero-order valence-corrected chi connectivity index (χ0v) is 12.9. The fourth-order valence-electron chi connectivity index (χ4n) is 3.31. The Morgan fingerprint density at radius 2 is 2.24 bits per heavy atom. The highest BCUT2D eigenvalue weighted by Crippen LogP contribution is 2.37. The molecule has 1 saturated heterocycles. The number of ether oxygens (including phenoxy) is 1.